The number of hydrogen-bond acceptors (Lipinski definition) is 2. The number of carbonyl (C=O) groups is 1. The Balaban J connectivity index is 2.34. The number of amides is 1. The molecule has 0 saturated carbocycles. The van der Waals surface area contributed by atoms with Gasteiger partial charge in [-0.25, -0.2) is 0 Å². The lowest BCUT2D eigenvalue weighted by Gasteiger charge is -2.18. The highest BCUT2D eigenvalue weighted by atomic mass is 35.5. The van der Waals surface area contributed by atoms with Gasteiger partial charge in [0.2, 0.25) is 5.91 Å². The van der Waals surface area contributed by atoms with Crippen LogP contribution >= 0.6 is 11.6 Å². The van der Waals surface area contributed by atoms with Gasteiger partial charge < -0.3 is 10.0 Å². The van der Waals surface area contributed by atoms with E-state index in [1.54, 1.807) is 23.1 Å². The lowest BCUT2D eigenvalue weighted by atomic mass is 10.2. The molecule has 1 aliphatic heterocycles. The molecular formula is C11H12ClNO2. The molecule has 0 spiro atoms. The number of carbonyl (C=O) groups excluding carboxylic acids is 1. The second kappa shape index (κ2) is 3.74. The Hall–Kier alpha value is -1.22. The van der Waals surface area contributed by atoms with Crippen LogP contribution in [0.1, 0.15) is 12.0 Å². The number of hydrogen-bond donors (Lipinski definition) is 1. The lowest BCUT2D eigenvalue weighted by molar-refractivity contribution is -0.117. The number of rotatable bonds is 1. The third kappa shape index (κ3) is 1.92. The molecule has 1 atom stereocenters. The molecule has 1 N–H and O–H groups in total. The highest BCUT2D eigenvalue weighted by Gasteiger charge is 2.29. The molecule has 3 nitrogen and oxygen atoms in total. The van der Waals surface area contributed by atoms with Crippen LogP contribution in [0.15, 0.2) is 18.2 Å². The molecular weight excluding hydrogens is 214 g/mol. The Labute approximate surface area is 93.3 Å². The van der Waals surface area contributed by atoms with Gasteiger partial charge in [0.1, 0.15) is 5.75 Å². The Bertz CT molecular complexity index is 406. The number of nitrogens with zero attached hydrogens (tertiary/aromatic N) is 1. The number of aryl methyl sites for hydroxylation is 1. The van der Waals surface area contributed by atoms with E-state index in [1.807, 2.05) is 6.92 Å². The van der Waals surface area contributed by atoms with Crippen molar-refractivity contribution in [3.05, 3.63) is 23.8 Å². The molecule has 0 aromatic heterocycles. The zero-order valence-electron chi connectivity index (χ0n) is 8.40. The first-order chi connectivity index (χ1) is 7.08. The summed E-state index contributed by atoms with van der Waals surface area (Å²) in [6.07, 6.45) is 0.391. The number of anilines is 1. The summed E-state index contributed by atoms with van der Waals surface area (Å²) < 4.78 is 0. The van der Waals surface area contributed by atoms with Crippen LogP contribution in [0.4, 0.5) is 5.69 Å². The Morgan fingerprint density at radius 3 is 2.80 bits per heavy atom. The Morgan fingerprint density at radius 1 is 1.53 bits per heavy atom. The zero-order valence-corrected chi connectivity index (χ0v) is 9.16. The average molecular weight is 226 g/mol. The maximum absolute atomic E-state index is 11.6. The predicted molar refractivity (Wildman–Crippen MR) is 59.5 cm³/mol. The molecule has 1 amide bonds. The van der Waals surface area contributed by atoms with Crippen molar-refractivity contribution in [1.82, 2.24) is 0 Å². The molecule has 2 rings (SSSR count). The minimum absolute atomic E-state index is 0.0452. The maximum Gasteiger partial charge on any atom is 0.228 e. The first-order valence-electron chi connectivity index (χ1n) is 4.82. The Morgan fingerprint density at radius 2 is 2.27 bits per heavy atom. The zero-order chi connectivity index (χ0) is 11.0. The summed E-state index contributed by atoms with van der Waals surface area (Å²) in [7, 11) is 0. The number of phenols is 1. The second-order valence-corrected chi connectivity index (χ2v) is 4.39. The van der Waals surface area contributed by atoms with Crippen LogP contribution in [-0.4, -0.2) is 22.9 Å². The van der Waals surface area contributed by atoms with Crippen molar-refractivity contribution in [1.29, 1.82) is 0 Å². The monoisotopic (exact) mass is 225 g/mol. The van der Waals surface area contributed by atoms with Crippen molar-refractivity contribution < 1.29 is 9.90 Å². The summed E-state index contributed by atoms with van der Waals surface area (Å²) in [6.45, 7) is 2.41. The quantitative estimate of drug-likeness (QED) is 0.744. The fraction of sp³-hybridized carbons (Fsp3) is 0.364. The normalized spacial score (nSPS) is 21.1. The highest BCUT2D eigenvalue weighted by molar-refractivity contribution is 6.24. The van der Waals surface area contributed by atoms with E-state index in [-0.39, 0.29) is 17.0 Å². The number of alkyl halides is 1. The predicted octanol–water partition coefficient (Wildman–Crippen LogP) is 2.04. The van der Waals surface area contributed by atoms with Crippen molar-refractivity contribution in [2.75, 3.05) is 11.4 Å². The lowest BCUT2D eigenvalue weighted by Crippen LogP contribution is -2.25. The summed E-state index contributed by atoms with van der Waals surface area (Å²) in [5, 5.41) is 9.16. The smallest absolute Gasteiger partial charge is 0.228 e. The molecule has 1 aromatic carbocycles. The average Bonchev–Trinajstić information content (AvgIpc) is 2.45. The fourth-order valence-corrected chi connectivity index (χ4v) is 2.11. The maximum atomic E-state index is 11.6. The second-order valence-electron chi connectivity index (χ2n) is 3.78. The van der Waals surface area contributed by atoms with Crippen molar-refractivity contribution in [3.8, 4) is 5.75 Å². The summed E-state index contributed by atoms with van der Waals surface area (Å²) in [4.78, 5) is 13.3. The third-order valence-corrected chi connectivity index (χ3v) is 2.84. The van der Waals surface area contributed by atoms with E-state index in [9.17, 15) is 9.90 Å². The van der Waals surface area contributed by atoms with Crippen LogP contribution in [-0.2, 0) is 4.79 Å². The Kier molecular flexibility index (Phi) is 2.57. The highest BCUT2D eigenvalue weighted by Crippen LogP contribution is 2.29. The van der Waals surface area contributed by atoms with Gasteiger partial charge in [0.15, 0.2) is 0 Å². The van der Waals surface area contributed by atoms with E-state index < -0.39 is 0 Å². The van der Waals surface area contributed by atoms with Gasteiger partial charge in [-0.15, -0.1) is 11.6 Å². The van der Waals surface area contributed by atoms with Crippen LogP contribution in [0.3, 0.4) is 0 Å². The van der Waals surface area contributed by atoms with Crippen LogP contribution in [0.5, 0.6) is 5.75 Å². The fourth-order valence-electron chi connectivity index (χ4n) is 1.84. The van der Waals surface area contributed by atoms with Gasteiger partial charge in [0.05, 0.1) is 5.38 Å². The van der Waals surface area contributed by atoms with Gasteiger partial charge in [-0.2, -0.15) is 0 Å². The molecule has 1 aromatic rings. The van der Waals surface area contributed by atoms with Crippen LogP contribution < -0.4 is 4.90 Å². The number of benzene rings is 1. The van der Waals surface area contributed by atoms with E-state index in [4.69, 9.17) is 11.6 Å². The molecule has 15 heavy (non-hydrogen) atoms. The van der Waals surface area contributed by atoms with E-state index >= 15 is 0 Å². The topological polar surface area (TPSA) is 40.5 Å². The van der Waals surface area contributed by atoms with Crippen molar-refractivity contribution in [2.24, 2.45) is 0 Å². The van der Waals surface area contributed by atoms with Gasteiger partial charge in [-0.05, 0) is 30.7 Å². The van der Waals surface area contributed by atoms with Crippen molar-refractivity contribution in [2.45, 2.75) is 18.7 Å². The number of phenolic OH excluding ortho intramolecular Hbond substituents is 1. The van der Waals surface area contributed by atoms with Crippen LogP contribution in [0.25, 0.3) is 0 Å². The van der Waals surface area contributed by atoms with Crippen LogP contribution in [0, 0.1) is 6.92 Å². The molecule has 1 heterocycles. The van der Waals surface area contributed by atoms with Crippen LogP contribution in [0.2, 0.25) is 0 Å². The van der Waals surface area contributed by atoms with Gasteiger partial charge in [-0.3, -0.25) is 4.79 Å². The molecule has 0 aliphatic carbocycles. The van der Waals surface area contributed by atoms with Crippen molar-refractivity contribution in [3.63, 3.8) is 0 Å². The minimum Gasteiger partial charge on any atom is -0.508 e. The van der Waals surface area contributed by atoms with E-state index in [0.29, 0.717) is 13.0 Å². The van der Waals surface area contributed by atoms with E-state index in [2.05, 4.69) is 0 Å². The largest absolute Gasteiger partial charge is 0.508 e. The third-order valence-electron chi connectivity index (χ3n) is 2.55. The summed E-state index contributed by atoms with van der Waals surface area (Å²) >= 11 is 5.92. The molecule has 4 heteroatoms. The summed E-state index contributed by atoms with van der Waals surface area (Å²) in [5.74, 6) is 0.258. The molecule has 80 valence electrons. The SMILES string of the molecule is Cc1cc(O)ccc1N1CC(Cl)CC1=O. The minimum atomic E-state index is -0.106. The molecule has 0 radical (unpaired) electrons. The van der Waals surface area contributed by atoms with Gasteiger partial charge in [0.25, 0.3) is 0 Å². The van der Waals surface area contributed by atoms with E-state index in [0.717, 1.165) is 11.3 Å². The number of halogens is 1. The van der Waals surface area contributed by atoms with Crippen molar-refractivity contribution >= 4 is 23.2 Å². The summed E-state index contributed by atoms with van der Waals surface area (Å²) in [5.41, 5.74) is 1.72. The van der Waals surface area contributed by atoms with E-state index in [1.165, 1.54) is 0 Å². The first-order valence-corrected chi connectivity index (χ1v) is 5.25. The van der Waals surface area contributed by atoms with Gasteiger partial charge in [0, 0.05) is 18.7 Å². The van der Waals surface area contributed by atoms with Gasteiger partial charge >= 0.3 is 0 Å². The standard InChI is InChI=1S/C11H12ClNO2/c1-7-4-9(14)2-3-10(7)13-6-8(12)5-11(13)15/h2-4,8,14H,5-6H2,1H3. The number of aromatic hydroxyl groups is 1. The molecule has 1 fully saturated rings. The van der Waals surface area contributed by atoms with Gasteiger partial charge in [-0.1, -0.05) is 0 Å². The summed E-state index contributed by atoms with van der Waals surface area (Å²) in [6, 6.07) is 4.97. The molecule has 1 aliphatic rings. The molecule has 1 saturated heterocycles. The first kappa shape index (κ1) is 10.3. The molecule has 1 unspecified atom stereocenters. The molecule has 0 bridgehead atoms.